The zero-order chi connectivity index (χ0) is 15.6. The van der Waals surface area contributed by atoms with Crippen LogP contribution >= 0.6 is 11.6 Å². The van der Waals surface area contributed by atoms with E-state index in [0.717, 1.165) is 17.4 Å². The second-order valence-corrected chi connectivity index (χ2v) is 5.66. The van der Waals surface area contributed by atoms with Crippen molar-refractivity contribution in [2.75, 3.05) is 0 Å². The third kappa shape index (κ3) is 2.90. The molecule has 0 spiro atoms. The van der Waals surface area contributed by atoms with Crippen LogP contribution in [0.15, 0.2) is 9.59 Å². The Kier molecular flexibility index (Phi) is 4.88. The Bertz CT molecular complexity index is 757. The van der Waals surface area contributed by atoms with Crippen molar-refractivity contribution >= 4 is 22.8 Å². The Morgan fingerprint density at radius 2 is 1.71 bits per heavy atom. The Labute approximate surface area is 128 Å². The van der Waals surface area contributed by atoms with Gasteiger partial charge in [-0.15, -0.1) is 0 Å². The van der Waals surface area contributed by atoms with Crippen molar-refractivity contribution in [3.8, 4) is 0 Å². The predicted octanol–water partition coefficient (Wildman–Crippen LogP) is 2.06. The molecule has 0 aliphatic carbocycles. The first-order chi connectivity index (χ1) is 9.99. The molecule has 2 heterocycles. The Morgan fingerprint density at radius 3 is 2.38 bits per heavy atom. The number of hydrogen-bond acceptors (Lipinski definition) is 3. The topological polar surface area (TPSA) is 61.8 Å². The minimum atomic E-state index is -0.392. The molecular formula is C14H21ClN4O2. The van der Waals surface area contributed by atoms with Gasteiger partial charge in [0.15, 0.2) is 11.2 Å². The summed E-state index contributed by atoms with van der Waals surface area (Å²) in [6.45, 7) is 2.82. The van der Waals surface area contributed by atoms with Crippen LogP contribution in [0, 0.1) is 0 Å². The highest BCUT2D eigenvalue weighted by Crippen LogP contribution is 2.17. The monoisotopic (exact) mass is 312 g/mol. The van der Waals surface area contributed by atoms with Crippen LogP contribution in [-0.2, 0) is 20.6 Å². The number of unbranched alkanes of at least 4 members (excludes halogenated alkanes) is 4. The van der Waals surface area contributed by atoms with Crippen LogP contribution in [0.25, 0.3) is 11.2 Å². The first-order valence-electron chi connectivity index (χ1n) is 7.30. The third-order valence-corrected chi connectivity index (χ3v) is 4.08. The fourth-order valence-corrected chi connectivity index (χ4v) is 2.75. The SMILES string of the molecule is CCCCCCCn1c(Cl)nc2c1c(=O)n(C)c(=O)n2C. The average Bonchev–Trinajstić information content (AvgIpc) is 2.80. The molecule has 0 unspecified atom stereocenters. The van der Waals surface area contributed by atoms with Crippen LogP contribution in [0.1, 0.15) is 39.0 Å². The highest BCUT2D eigenvalue weighted by Gasteiger charge is 2.17. The van der Waals surface area contributed by atoms with Gasteiger partial charge in [-0.05, 0) is 18.0 Å². The zero-order valence-electron chi connectivity index (χ0n) is 12.7. The van der Waals surface area contributed by atoms with E-state index in [4.69, 9.17) is 11.6 Å². The molecule has 2 rings (SSSR count). The fraction of sp³-hybridized carbons (Fsp3) is 0.643. The summed E-state index contributed by atoms with van der Waals surface area (Å²) in [6, 6.07) is 0. The third-order valence-electron chi connectivity index (χ3n) is 3.79. The Hall–Kier alpha value is -1.56. The maximum absolute atomic E-state index is 12.3. The van der Waals surface area contributed by atoms with Crippen molar-refractivity contribution < 1.29 is 0 Å². The van der Waals surface area contributed by atoms with Crippen molar-refractivity contribution in [3.63, 3.8) is 0 Å². The number of aromatic nitrogens is 4. The van der Waals surface area contributed by atoms with Gasteiger partial charge in [-0.3, -0.25) is 13.9 Å². The van der Waals surface area contributed by atoms with Crippen molar-refractivity contribution in [2.45, 2.75) is 45.6 Å². The van der Waals surface area contributed by atoms with Gasteiger partial charge in [-0.25, -0.2) is 4.79 Å². The van der Waals surface area contributed by atoms with Gasteiger partial charge >= 0.3 is 5.69 Å². The molecule has 0 saturated heterocycles. The number of halogens is 1. The lowest BCUT2D eigenvalue weighted by Crippen LogP contribution is -2.37. The molecule has 0 bridgehead atoms. The Balaban J connectivity index is 2.39. The number of rotatable bonds is 6. The first-order valence-corrected chi connectivity index (χ1v) is 7.68. The summed E-state index contributed by atoms with van der Waals surface area (Å²) >= 11 is 6.14. The highest BCUT2D eigenvalue weighted by molar-refractivity contribution is 6.29. The van der Waals surface area contributed by atoms with Crippen LogP contribution in [0.5, 0.6) is 0 Å². The second-order valence-electron chi connectivity index (χ2n) is 5.32. The standard InChI is InChI=1S/C14H21ClN4O2/c1-4-5-6-7-8-9-19-10-11(16-13(19)15)17(2)14(21)18(3)12(10)20/h4-9H2,1-3H3. The molecule has 7 heteroatoms. The minimum absolute atomic E-state index is 0.263. The summed E-state index contributed by atoms with van der Waals surface area (Å²) in [7, 11) is 3.07. The molecule has 0 radical (unpaired) electrons. The molecule has 0 aromatic carbocycles. The minimum Gasteiger partial charge on any atom is -0.309 e. The first kappa shape index (κ1) is 15.8. The van der Waals surface area contributed by atoms with Gasteiger partial charge in [0.2, 0.25) is 5.28 Å². The average molecular weight is 313 g/mol. The van der Waals surface area contributed by atoms with E-state index in [-0.39, 0.29) is 10.8 Å². The van der Waals surface area contributed by atoms with Gasteiger partial charge in [0.05, 0.1) is 0 Å². The molecule has 0 amide bonds. The number of nitrogens with zero attached hydrogens (tertiary/aromatic N) is 4. The molecule has 0 atom stereocenters. The number of aryl methyl sites for hydroxylation is 2. The molecule has 0 saturated carbocycles. The maximum atomic E-state index is 12.3. The second kappa shape index (κ2) is 6.47. The molecule has 116 valence electrons. The normalized spacial score (nSPS) is 11.4. The van der Waals surface area contributed by atoms with Gasteiger partial charge in [-0.1, -0.05) is 32.6 Å². The van der Waals surface area contributed by atoms with Crippen LogP contribution < -0.4 is 11.2 Å². The Morgan fingerprint density at radius 1 is 1.05 bits per heavy atom. The van der Waals surface area contributed by atoms with E-state index in [2.05, 4.69) is 11.9 Å². The molecule has 2 aromatic rings. The van der Waals surface area contributed by atoms with Gasteiger partial charge in [-0.2, -0.15) is 4.98 Å². The van der Waals surface area contributed by atoms with E-state index in [1.165, 1.54) is 30.9 Å². The number of hydrogen-bond donors (Lipinski definition) is 0. The van der Waals surface area contributed by atoms with E-state index in [0.29, 0.717) is 17.7 Å². The van der Waals surface area contributed by atoms with Crippen LogP contribution in [0.4, 0.5) is 0 Å². The summed E-state index contributed by atoms with van der Waals surface area (Å²) in [5, 5.41) is 0.263. The summed E-state index contributed by atoms with van der Waals surface area (Å²) < 4.78 is 4.16. The summed E-state index contributed by atoms with van der Waals surface area (Å²) in [4.78, 5) is 28.4. The van der Waals surface area contributed by atoms with Gasteiger partial charge < -0.3 is 4.57 Å². The van der Waals surface area contributed by atoms with Crippen LogP contribution in [0.3, 0.4) is 0 Å². The van der Waals surface area contributed by atoms with E-state index < -0.39 is 5.69 Å². The summed E-state index contributed by atoms with van der Waals surface area (Å²) in [6.07, 6.45) is 5.62. The summed E-state index contributed by atoms with van der Waals surface area (Å²) in [5.41, 5.74) is 0.0135. The van der Waals surface area contributed by atoms with Crippen molar-refractivity contribution in [3.05, 3.63) is 26.1 Å². The molecule has 0 aliphatic heterocycles. The van der Waals surface area contributed by atoms with E-state index in [1.54, 1.807) is 11.6 Å². The summed E-state index contributed by atoms with van der Waals surface area (Å²) in [5.74, 6) is 0. The predicted molar refractivity (Wildman–Crippen MR) is 84.0 cm³/mol. The number of imidazole rings is 1. The molecule has 0 fully saturated rings. The molecule has 21 heavy (non-hydrogen) atoms. The van der Waals surface area contributed by atoms with E-state index in [9.17, 15) is 9.59 Å². The van der Waals surface area contributed by atoms with Crippen LogP contribution in [-0.4, -0.2) is 18.7 Å². The molecule has 0 aliphatic rings. The molecular weight excluding hydrogens is 292 g/mol. The molecule has 0 N–H and O–H groups in total. The van der Waals surface area contributed by atoms with Crippen molar-refractivity contribution in [2.24, 2.45) is 14.1 Å². The van der Waals surface area contributed by atoms with E-state index in [1.807, 2.05) is 0 Å². The van der Waals surface area contributed by atoms with Gasteiger partial charge in [0.25, 0.3) is 5.56 Å². The van der Waals surface area contributed by atoms with Crippen LogP contribution in [0.2, 0.25) is 5.28 Å². The lowest BCUT2D eigenvalue weighted by atomic mass is 10.1. The smallest absolute Gasteiger partial charge is 0.309 e. The van der Waals surface area contributed by atoms with E-state index >= 15 is 0 Å². The lowest BCUT2D eigenvalue weighted by Gasteiger charge is -2.07. The maximum Gasteiger partial charge on any atom is 0.332 e. The van der Waals surface area contributed by atoms with Crippen molar-refractivity contribution in [1.82, 2.24) is 18.7 Å². The van der Waals surface area contributed by atoms with Gasteiger partial charge in [0.1, 0.15) is 0 Å². The van der Waals surface area contributed by atoms with Crippen molar-refractivity contribution in [1.29, 1.82) is 0 Å². The number of fused-ring (bicyclic) bond motifs is 1. The quantitative estimate of drug-likeness (QED) is 0.606. The largest absolute Gasteiger partial charge is 0.332 e. The lowest BCUT2D eigenvalue weighted by molar-refractivity contribution is 0.574. The fourth-order valence-electron chi connectivity index (χ4n) is 2.50. The molecule has 6 nitrogen and oxygen atoms in total. The molecule has 2 aromatic heterocycles. The zero-order valence-corrected chi connectivity index (χ0v) is 13.5. The highest BCUT2D eigenvalue weighted by atomic mass is 35.5. The van der Waals surface area contributed by atoms with Gasteiger partial charge in [0, 0.05) is 20.6 Å².